The molecule has 3 aliphatic rings. The first-order chi connectivity index (χ1) is 33.1. The summed E-state index contributed by atoms with van der Waals surface area (Å²) in [6.07, 6.45) is 52.9. The highest BCUT2D eigenvalue weighted by molar-refractivity contribution is 5.69. The minimum atomic E-state index is -0.0480. The fourth-order valence-electron chi connectivity index (χ4n) is 11.7. The lowest BCUT2D eigenvalue weighted by atomic mass is 9.60. The average Bonchev–Trinajstić information content (AvgIpc) is 3.68. The molecular formula is C62H105NO5. The standard InChI is InChI=1S/C62H105NO5/c1-7-8-9-10-11-12-13-14-15-16-17-18-19-21-25-37-60(65)67-50-31-23-20-22-27-46-63(48-29-30-49-64)47-28-24-26-38-61(66)68-57-42-39-53(4)56(51-57)41-40-55-36-33-45-62(6)58(43-44-59(55)62)54(5)35-32-34-52(2)3/h8-9,11-12,14-15,40-41,52,54,57-59,64H,4,7,10,13,16-39,42-51H2,1-3,5-6H3/b9-8+,12-11+,15-14+,55-40+,56-41-. The van der Waals surface area contributed by atoms with E-state index in [-0.39, 0.29) is 24.6 Å². The smallest absolute Gasteiger partial charge is 0.306 e. The summed E-state index contributed by atoms with van der Waals surface area (Å²) in [6, 6.07) is 0. The molecule has 0 heterocycles. The van der Waals surface area contributed by atoms with E-state index in [0.29, 0.717) is 30.8 Å². The van der Waals surface area contributed by atoms with Gasteiger partial charge < -0.3 is 19.5 Å². The van der Waals surface area contributed by atoms with Gasteiger partial charge in [-0.2, -0.15) is 0 Å². The van der Waals surface area contributed by atoms with Crippen molar-refractivity contribution in [3.8, 4) is 0 Å². The Balaban J connectivity index is 1.23. The van der Waals surface area contributed by atoms with Gasteiger partial charge in [-0.3, -0.25) is 9.59 Å². The predicted octanol–water partition coefficient (Wildman–Crippen LogP) is 16.9. The van der Waals surface area contributed by atoms with Gasteiger partial charge in [-0.05, 0) is 176 Å². The largest absolute Gasteiger partial charge is 0.466 e. The number of aliphatic hydroxyl groups is 1. The van der Waals surface area contributed by atoms with E-state index in [1.807, 2.05) is 0 Å². The molecule has 0 amide bonds. The number of fused-ring (bicyclic) bond motifs is 1. The van der Waals surface area contributed by atoms with Gasteiger partial charge in [-0.15, -0.1) is 0 Å². The molecule has 6 heteroatoms. The number of nitrogens with zero attached hydrogens (tertiary/aromatic N) is 1. The summed E-state index contributed by atoms with van der Waals surface area (Å²) < 4.78 is 11.6. The summed E-state index contributed by atoms with van der Waals surface area (Å²) >= 11 is 0. The summed E-state index contributed by atoms with van der Waals surface area (Å²) in [7, 11) is 0. The van der Waals surface area contributed by atoms with E-state index in [9.17, 15) is 14.7 Å². The van der Waals surface area contributed by atoms with E-state index >= 15 is 0 Å². The monoisotopic (exact) mass is 944 g/mol. The molecule has 388 valence electrons. The Morgan fingerprint density at radius 2 is 1.35 bits per heavy atom. The second-order valence-corrected chi connectivity index (χ2v) is 22.0. The van der Waals surface area contributed by atoms with Gasteiger partial charge in [0.15, 0.2) is 0 Å². The maximum absolute atomic E-state index is 13.0. The summed E-state index contributed by atoms with van der Waals surface area (Å²) in [5.41, 5.74) is 4.59. The van der Waals surface area contributed by atoms with E-state index < -0.39 is 0 Å². The zero-order chi connectivity index (χ0) is 49.1. The highest BCUT2D eigenvalue weighted by Gasteiger charge is 2.50. The van der Waals surface area contributed by atoms with Crippen LogP contribution in [0.4, 0.5) is 0 Å². The Hall–Kier alpha value is -2.70. The third-order valence-electron chi connectivity index (χ3n) is 15.8. The van der Waals surface area contributed by atoms with Gasteiger partial charge in [0.25, 0.3) is 0 Å². The van der Waals surface area contributed by atoms with Gasteiger partial charge >= 0.3 is 11.9 Å². The fraction of sp³-hybridized carbons (Fsp3) is 0.774. The molecule has 0 radical (unpaired) electrons. The molecule has 0 aromatic heterocycles. The van der Waals surface area contributed by atoms with Crippen molar-refractivity contribution < 1.29 is 24.2 Å². The third-order valence-corrected chi connectivity index (χ3v) is 15.8. The minimum Gasteiger partial charge on any atom is -0.466 e. The first-order valence-electron chi connectivity index (χ1n) is 28.8. The normalized spacial score (nSPS) is 22.8. The van der Waals surface area contributed by atoms with Crippen LogP contribution < -0.4 is 0 Å². The van der Waals surface area contributed by atoms with Gasteiger partial charge in [0.05, 0.1) is 6.61 Å². The van der Waals surface area contributed by atoms with Crippen LogP contribution in [0.1, 0.15) is 240 Å². The van der Waals surface area contributed by atoms with Crippen LogP contribution in [-0.2, 0) is 19.1 Å². The molecule has 6 nitrogen and oxygen atoms in total. The highest BCUT2D eigenvalue weighted by atomic mass is 16.5. The maximum atomic E-state index is 13.0. The molecule has 0 aromatic rings. The number of ether oxygens (including phenoxy) is 2. The third kappa shape index (κ3) is 25.4. The van der Waals surface area contributed by atoms with Crippen LogP contribution in [0.3, 0.4) is 0 Å². The zero-order valence-electron chi connectivity index (χ0n) is 44.9. The van der Waals surface area contributed by atoms with Gasteiger partial charge in [0.2, 0.25) is 0 Å². The summed E-state index contributed by atoms with van der Waals surface area (Å²) in [4.78, 5) is 27.8. The van der Waals surface area contributed by atoms with E-state index in [4.69, 9.17) is 9.47 Å². The minimum absolute atomic E-state index is 0.0384. The Morgan fingerprint density at radius 1 is 0.721 bits per heavy atom. The lowest BCUT2D eigenvalue weighted by molar-refractivity contribution is -0.149. The molecule has 5 atom stereocenters. The van der Waals surface area contributed by atoms with E-state index in [2.05, 4.69) is 94.7 Å². The Morgan fingerprint density at radius 3 is 2.07 bits per heavy atom. The molecule has 0 bridgehead atoms. The number of unbranched alkanes of at least 4 members (excludes halogenated alkanes) is 12. The SMILES string of the molecule is C=C1CCC(OC(=O)CCCCCN(CCCCO)CCCCCCCOC(=O)CCCCCCC/C=C/C/C=C/C/C=C/CC)C/C1=C/C=C1\CCCC2(C)C1CCC2C(C)CCCC(C)C. The summed E-state index contributed by atoms with van der Waals surface area (Å²) in [6.45, 7) is 20.4. The van der Waals surface area contributed by atoms with Crippen LogP contribution in [0, 0.1) is 29.1 Å². The number of hydrogen-bond donors (Lipinski definition) is 1. The number of carbonyl (C=O) groups is 2. The van der Waals surface area contributed by atoms with E-state index in [0.717, 1.165) is 153 Å². The molecule has 68 heavy (non-hydrogen) atoms. The van der Waals surface area contributed by atoms with Gasteiger partial charge in [0.1, 0.15) is 6.10 Å². The van der Waals surface area contributed by atoms with Crippen LogP contribution in [0.5, 0.6) is 0 Å². The molecule has 3 rings (SSSR count). The Bertz CT molecular complexity index is 1520. The molecule has 1 N–H and O–H groups in total. The van der Waals surface area contributed by atoms with Crippen molar-refractivity contribution in [2.45, 2.75) is 246 Å². The predicted molar refractivity (Wildman–Crippen MR) is 290 cm³/mol. The number of rotatable bonds is 38. The van der Waals surface area contributed by atoms with Crippen molar-refractivity contribution in [3.05, 3.63) is 71.9 Å². The second kappa shape index (κ2) is 37.1. The number of esters is 2. The van der Waals surface area contributed by atoms with Crippen molar-refractivity contribution >= 4 is 11.9 Å². The van der Waals surface area contributed by atoms with E-state index in [1.165, 1.54) is 88.2 Å². The molecule has 5 unspecified atom stereocenters. The van der Waals surface area contributed by atoms with Crippen LogP contribution in [-0.4, -0.2) is 60.9 Å². The second-order valence-electron chi connectivity index (χ2n) is 22.0. The number of allylic oxidation sites excluding steroid dienone is 10. The quantitative estimate of drug-likeness (QED) is 0.0378. The fourth-order valence-corrected chi connectivity index (χ4v) is 11.7. The van der Waals surface area contributed by atoms with Crippen molar-refractivity contribution in [2.24, 2.45) is 29.1 Å². The Kier molecular flexibility index (Phi) is 32.5. The van der Waals surface area contributed by atoms with Crippen molar-refractivity contribution in [1.82, 2.24) is 4.90 Å². The number of hydrogen-bond acceptors (Lipinski definition) is 6. The lowest BCUT2D eigenvalue weighted by Gasteiger charge is -2.44. The molecule has 3 saturated carbocycles. The van der Waals surface area contributed by atoms with Crippen LogP contribution >= 0.6 is 0 Å². The molecule has 0 saturated heterocycles. The highest BCUT2D eigenvalue weighted by Crippen LogP contribution is 2.60. The van der Waals surface area contributed by atoms with Crippen molar-refractivity contribution in [1.29, 1.82) is 0 Å². The average molecular weight is 945 g/mol. The first-order valence-corrected chi connectivity index (χ1v) is 28.8. The van der Waals surface area contributed by atoms with Crippen LogP contribution in [0.25, 0.3) is 0 Å². The van der Waals surface area contributed by atoms with Gasteiger partial charge in [0, 0.05) is 25.9 Å². The topological polar surface area (TPSA) is 76.1 Å². The van der Waals surface area contributed by atoms with Gasteiger partial charge in [-0.1, -0.05) is 165 Å². The summed E-state index contributed by atoms with van der Waals surface area (Å²) in [5, 5.41) is 9.37. The molecule has 3 aliphatic carbocycles. The molecule has 0 aliphatic heterocycles. The van der Waals surface area contributed by atoms with Crippen LogP contribution in [0.15, 0.2) is 71.9 Å². The molecule has 0 spiro atoms. The van der Waals surface area contributed by atoms with E-state index in [1.54, 1.807) is 5.57 Å². The first kappa shape index (κ1) is 59.6. The van der Waals surface area contributed by atoms with Crippen LogP contribution in [0.2, 0.25) is 0 Å². The lowest BCUT2D eigenvalue weighted by Crippen LogP contribution is -2.36. The summed E-state index contributed by atoms with van der Waals surface area (Å²) in [5.74, 6) is 3.08. The Labute approximate surface area is 419 Å². The number of aliphatic hydroxyl groups excluding tert-OH is 1. The maximum Gasteiger partial charge on any atom is 0.306 e. The molecule has 0 aromatic carbocycles. The van der Waals surface area contributed by atoms with Gasteiger partial charge in [-0.25, -0.2) is 0 Å². The number of carbonyl (C=O) groups excluding carboxylic acids is 2. The molecular weight excluding hydrogens is 839 g/mol. The molecule has 3 fully saturated rings. The van der Waals surface area contributed by atoms with Crippen molar-refractivity contribution in [3.63, 3.8) is 0 Å². The van der Waals surface area contributed by atoms with Crippen molar-refractivity contribution in [2.75, 3.05) is 32.8 Å². The zero-order valence-corrected chi connectivity index (χ0v) is 44.9.